The molecular formula is C52H62ClN11O6. The Balaban J connectivity index is 0.821. The molecule has 368 valence electrons. The van der Waals surface area contributed by atoms with E-state index in [1.54, 1.807) is 36.4 Å². The SMILES string of the molecule is COCC12CCC(CN3CCc4c(nc(C(=O)Nc5cccc(-c6cccc(NC(=O)c7nc8c(n7C)CCN(CCC79CCC(C(=O)O)(CC7)C9)C8)c6Cl)c5-n5ccc(N)nc5=O)n4C)C3)(CC1)C2. The summed E-state index contributed by atoms with van der Waals surface area (Å²) in [5.74, 6) is -0.931. The van der Waals surface area contributed by atoms with Crippen LogP contribution in [-0.2, 0) is 49.6 Å². The van der Waals surface area contributed by atoms with Gasteiger partial charge in [0.1, 0.15) is 5.82 Å². The number of hydrogen-bond donors (Lipinski definition) is 4. The van der Waals surface area contributed by atoms with E-state index in [9.17, 15) is 24.3 Å². The summed E-state index contributed by atoms with van der Waals surface area (Å²) >= 11 is 7.22. The number of benzene rings is 2. The number of carboxylic acids is 1. The molecule has 0 atom stereocenters. The number of fused-ring (bicyclic) bond motifs is 6. The molecule has 18 heteroatoms. The smallest absolute Gasteiger partial charge is 0.354 e. The number of rotatable bonds is 14. The van der Waals surface area contributed by atoms with E-state index in [1.165, 1.54) is 48.9 Å². The maximum atomic E-state index is 14.4. The molecule has 4 saturated carbocycles. The van der Waals surface area contributed by atoms with Crippen molar-refractivity contribution in [1.82, 2.24) is 38.5 Å². The van der Waals surface area contributed by atoms with Gasteiger partial charge in [0.05, 0.1) is 45.5 Å². The number of imidazole rings is 2. The lowest BCUT2D eigenvalue weighted by Gasteiger charge is -2.35. The van der Waals surface area contributed by atoms with Crippen molar-refractivity contribution in [3.05, 3.63) is 98.6 Å². The summed E-state index contributed by atoms with van der Waals surface area (Å²) in [6.45, 7) is 5.74. The van der Waals surface area contributed by atoms with Crippen molar-refractivity contribution in [2.75, 3.05) is 56.3 Å². The Kier molecular flexibility index (Phi) is 11.6. The first kappa shape index (κ1) is 46.5. The number of amides is 2. The van der Waals surface area contributed by atoms with E-state index in [4.69, 9.17) is 32.0 Å². The highest BCUT2D eigenvalue weighted by atomic mass is 35.5. The molecule has 0 unspecified atom stereocenters. The van der Waals surface area contributed by atoms with Gasteiger partial charge in [0, 0.05) is 95.5 Å². The number of methoxy groups -OCH3 is 1. The van der Waals surface area contributed by atoms with Gasteiger partial charge < -0.3 is 35.3 Å². The fourth-order valence-electron chi connectivity index (χ4n) is 13.8. The molecule has 0 radical (unpaired) electrons. The lowest BCUT2D eigenvalue weighted by atomic mass is 9.80. The maximum Gasteiger partial charge on any atom is 0.354 e. The van der Waals surface area contributed by atoms with Gasteiger partial charge in [0.2, 0.25) is 0 Å². The zero-order valence-electron chi connectivity index (χ0n) is 40.3. The lowest BCUT2D eigenvalue weighted by Crippen LogP contribution is -2.39. The Morgan fingerprint density at radius 2 is 1.34 bits per heavy atom. The normalized spacial score (nSPS) is 25.8. The molecule has 4 aliphatic carbocycles. The molecule has 5 aromatic rings. The number of carbonyl (C=O) groups excluding carboxylic acids is 2. The lowest BCUT2D eigenvalue weighted by molar-refractivity contribution is -0.148. The Hall–Kier alpha value is -5.88. The highest BCUT2D eigenvalue weighted by Crippen LogP contribution is 2.64. The number of para-hydroxylation sites is 1. The molecule has 4 fully saturated rings. The fourth-order valence-corrected chi connectivity index (χ4v) is 14.1. The van der Waals surface area contributed by atoms with Crippen LogP contribution in [0.3, 0.4) is 0 Å². The largest absolute Gasteiger partial charge is 0.481 e. The number of halogens is 1. The standard InChI is InChI=1S/C52H62ClN11O6/c1-60-38-10-22-62(25-21-49-17-19-52(29-49,20-18-49)47(67)68)26-36(38)55-43(60)45(65)57-34-8-4-6-32(41(34)53)33-7-5-9-35(42(33)64-24-12-40(54)59-48(64)69)58-46(66)44-56-37-27-63(23-11-39(37)61(44)2)30-50-13-15-51(28-50,16-14-50)31-70-3/h4-9,12,24H,10-11,13-23,25-31H2,1-3H3,(H,57,65)(H,58,66)(H,67,68)(H2,54,59,69). The highest BCUT2D eigenvalue weighted by Gasteiger charge is 2.58. The summed E-state index contributed by atoms with van der Waals surface area (Å²) in [5.41, 5.74) is 11.2. The summed E-state index contributed by atoms with van der Waals surface area (Å²) in [7, 11) is 5.54. The quantitative estimate of drug-likeness (QED) is 0.0902. The molecule has 2 aliphatic heterocycles. The molecule has 3 aromatic heterocycles. The van der Waals surface area contributed by atoms with Crippen molar-refractivity contribution in [2.45, 2.75) is 96.6 Å². The minimum atomic E-state index is -0.658. The van der Waals surface area contributed by atoms with Gasteiger partial charge >= 0.3 is 11.7 Å². The van der Waals surface area contributed by atoms with Crippen LogP contribution in [0.2, 0.25) is 5.02 Å². The number of nitrogens with two attached hydrogens (primary N) is 1. The number of aliphatic carboxylic acids is 1. The first-order valence-corrected chi connectivity index (χ1v) is 25.2. The summed E-state index contributed by atoms with van der Waals surface area (Å²) in [6, 6.07) is 12.1. The third-order valence-corrected chi connectivity index (χ3v) is 17.9. The van der Waals surface area contributed by atoms with Crippen molar-refractivity contribution >= 4 is 46.6 Å². The predicted octanol–water partition coefficient (Wildman–Crippen LogP) is 6.85. The summed E-state index contributed by atoms with van der Waals surface area (Å²) in [5, 5.41) is 16.2. The van der Waals surface area contributed by atoms with Gasteiger partial charge in [-0.2, -0.15) is 4.98 Å². The van der Waals surface area contributed by atoms with Crippen LogP contribution >= 0.6 is 11.6 Å². The molecule has 70 heavy (non-hydrogen) atoms. The molecule has 2 aromatic carbocycles. The van der Waals surface area contributed by atoms with Crippen molar-refractivity contribution in [2.24, 2.45) is 35.8 Å². The van der Waals surface area contributed by atoms with Crippen LogP contribution in [0.5, 0.6) is 0 Å². The molecule has 0 spiro atoms. The van der Waals surface area contributed by atoms with Gasteiger partial charge in [-0.05, 0) is 112 Å². The van der Waals surface area contributed by atoms with E-state index in [0.29, 0.717) is 52.1 Å². The van der Waals surface area contributed by atoms with Crippen LogP contribution in [-0.4, -0.2) is 101 Å². The van der Waals surface area contributed by atoms with Crippen LogP contribution in [0.25, 0.3) is 16.8 Å². The van der Waals surface area contributed by atoms with Gasteiger partial charge in [-0.25, -0.2) is 14.8 Å². The molecule has 5 heterocycles. The number of ether oxygens (including phenoxy) is 1. The van der Waals surface area contributed by atoms with Crippen LogP contribution in [0.1, 0.15) is 115 Å². The number of anilines is 3. The Morgan fingerprint density at radius 3 is 1.97 bits per heavy atom. The number of hydrogen-bond acceptors (Lipinski definition) is 11. The van der Waals surface area contributed by atoms with Gasteiger partial charge in [0.25, 0.3) is 11.8 Å². The Bertz CT molecular complexity index is 3000. The molecule has 6 aliphatic rings. The number of nitrogens with zero attached hydrogens (tertiary/aromatic N) is 8. The van der Waals surface area contributed by atoms with E-state index in [1.807, 2.05) is 30.3 Å². The molecule has 5 N–H and O–H groups in total. The van der Waals surface area contributed by atoms with Crippen LogP contribution in [0, 0.1) is 21.7 Å². The van der Waals surface area contributed by atoms with Gasteiger partial charge in [-0.15, -0.1) is 0 Å². The number of nitrogens with one attached hydrogen (secondary N) is 2. The van der Waals surface area contributed by atoms with E-state index in [0.717, 1.165) is 107 Å². The van der Waals surface area contributed by atoms with E-state index < -0.39 is 28.9 Å². The third kappa shape index (κ3) is 8.02. The first-order valence-electron chi connectivity index (χ1n) is 24.8. The average molecular weight is 973 g/mol. The Labute approximate surface area is 411 Å². The second kappa shape index (κ2) is 17.5. The zero-order chi connectivity index (χ0) is 48.7. The number of carboxylic acid groups (broad SMARTS) is 1. The summed E-state index contributed by atoms with van der Waals surface area (Å²) in [6.07, 6.45) is 14.4. The van der Waals surface area contributed by atoms with Crippen molar-refractivity contribution in [3.8, 4) is 16.8 Å². The van der Waals surface area contributed by atoms with Crippen molar-refractivity contribution < 1.29 is 24.2 Å². The summed E-state index contributed by atoms with van der Waals surface area (Å²) in [4.78, 5) is 72.8. The van der Waals surface area contributed by atoms with E-state index in [2.05, 4.69) is 25.4 Å². The highest BCUT2D eigenvalue weighted by molar-refractivity contribution is 6.36. The van der Waals surface area contributed by atoms with E-state index in [-0.39, 0.29) is 27.9 Å². The zero-order valence-corrected chi connectivity index (χ0v) is 41.0. The molecule has 0 saturated heterocycles. The first-order chi connectivity index (χ1) is 33.6. The summed E-state index contributed by atoms with van der Waals surface area (Å²) < 4.78 is 10.7. The van der Waals surface area contributed by atoms with Gasteiger partial charge in [-0.3, -0.25) is 28.8 Å². The molecule has 2 amide bonds. The Morgan fingerprint density at radius 1 is 0.757 bits per heavy atom. The fraction of sp³-hybridized carbons (Fsp3) is 0.519. The second-order valence-electron chi connectivity index (χ2n) is 21.7. The third-order valence-electron chi connectivity index (χ3n) is 17.5. The van der Waals surface area contributed by atoms with Crippen LogP contribution in [0.15, 0.2) is 53.5 Å². The molecule has 17 nitrogen and oxygen atoms in total. The number of carbonyl (C=O) groups is 3. The molecular weight excluding hydrogens is 910 g/mol. The topological polar surface area (TPSA) is 208 Å². The van der Waals surface area contributed by atoms with Gasteiger partial charge in [-0.1, -0.05) is 35.9 Å². The average Bonchev–Trinajstić information content (AvgIpc) is 4.20. The van der Waals surface area contributed by atoms with Gasteiger partial charge in [0.15, 0.2) is 11.6 Å². The van der Waals surface area contributed by atoms with Crippen molar-refractivity contribution in [3.63, 3.8) is 0 Å². The maximum absolute atomic E-state index is 14.4. The second-order valence-corrected chi connectivity index (χ2v) is 22.0. The van der Waals surface area contributed by atoms with Crippen LogP contribution in [0.4, 0.5) is 17.2 Å². The number of aromatic nitrogens is 6. The molecule has 11 rings (SSSR count). The minimum absolute atomic E-state index is 0.0455. The minimum Gasteiger partial charge on any atom is -0.481 e. The van der Waals surface area contributed by atoms with Crippen molar-refractivity contribution in [1.29, 1.82) is 0 Å². The monoisotopic (exact) mass is 971 g/mol. The van der Waals surface area contributed by atoms with Crippen LogP contribution < -0.4 is 22.1 Å². The predicted molar refractivity (Wildman–Crippen MR) is 265 cm³/mol. The number of nitrogen functional groups attached to an aromatic ring is 1. The van der Waals surface area contributed by atoms with E-state index >= 15 is 0 Å². The molecule has 4 bridgehead atoms.